The molecule has 3 rings (SSSR count). The van der Waals surface area contributed by atoms with Gasteiger partial charge in [0.05, 0.1) is 11.4 Å². The average molecular weight is 310 g/mol. The maximum Gasteiger partial charge on any atom is 0.105 e. The van der Waals surface area contributed by atoms with Gasteiger partial charge in [0.1, 0.15) is 5.69 Å². The van der Waals surface area contributed by atoms with Gasteiger partial charge in [-0.2, -0.15) is 0 Å². The molecule has 0 radical (unpaired) electrons. The molecule has 0 amide bonds. The van der Waals surface area contributed by atoms with E-state index in [2.05, 4.69) is 53.8 Å². The van der Waals surface area contributed by atoms with Crippen molar-refractivity contribution in [1.29, 1.82) is 0 Å². The Morgan fingerprint density at radius 3 is 2.68 bits per heavy atom. The first-order valence-corrected chi connectivity index (χ1v) is 8.31. The molecule has 112 valence electrons. The fourth-order valence-corrected chi connectivity index (χ4v) is 2.91. The highest BCUT2D eigenvalue weighted by molar-refractivity contribution is 7.98. The third-order valence-corrected chi connectivity index (χ3v) is 4.25. The van der Waals surface area contributed by atoms with Crippen LogP contribution < -0.4 is 5.73 Å². The number of nitrogens with zero attached hydrogens (tertiary/aromatic N) is 3. The monoisotopic (exact) mass is 310 g/mol. The molecule has 4 nitrogen and oxygen atoms in total. The molecule has 0 aliphatic carbocycles. The molecule has 5 heteroatoms. The first-order chi connectivity index (χ1) is 10.7. The summed E-state index contributed by atoms with van der Waals surface area (Å²) in [6.45, 7) is 2.44. The van der Waals surface area contributed by atoms with E-state index in [1.165, 1.54) is 10.5 Å². The molecular weight excluding hydrogens is 292 g/mol. The van der Waals surface area contributed by atoms with Crippen molar-refractivity contribution in [3.63, 3.8) is 0 Å². The maximum atomic E-state index is 5.85. The van der Waals surface area contributed by atoms with Crippen molar-refractivity contribution < 1.29 is 0 Å². The van der Waals surface area contributed by atoms with Crippen LogP contribution in [0.4, 0.5) is 0 Å². The first kappa shape index (κ1) is 14.8. The van der Waals surface area contributed by atoms with Crippen LogP contribution in [0.3, 0.4) is 0 Å². The van der Waals surface area contributed by atoms with E-state index in [9.17, 15) is 0 Å². The minimum absolute atomic E-state index is 0.367. The summed E-state index contributed by atoms with van der Waals surface area (Å²) in [7, 11) is 0. The van der Waals surface area contributed by atoms with E-state index in [0.717, 1.165) is 22.6 Å². The molecular formula is C17H18N4S. The number of rotatable bonds is 4. The molecule has 0 spiro atoms. The normalized spacial score (nSPS) is 10.9. The number of benzene rings is 2. The number of aromatic nitrogens is 3. The fraction of sp³-hybridized carbons (Fsp3) is 0.176. The van der Waals surface area contributed by atoms with Crippen LogP contribution in [-0.4, -0.2) is 21.2 Å². The summed E-state index contributed by atoms with van der Waals surface area (Å²) < 4.78 is 1.87. The van der Waals surface area contributed by atoms with Crippen LogP contribution in [0.15, 0.2) is 53.4 Å². The lowest BCUT2D eigenvalue weighted by Crippen LogP contribution is -2.03. The predicted molar refractivity (Wildman–Crippen MR) is 91.2 cm³/mol. The molecule has 0 saturated heterocycles. The van der Waals surface area contributed by atoms with E-state index >= 15 is 0 Å². The Kier molecular flexibility index (Phi) is 4.27. The number of hydrogen-bond acceptors (Lipinski definition) is 4. The van der Waals surface area contributed by atoms with E-state index in [1.54, 1.807) is 11.8 Å². The van der Waals surface area contributed by atoms with Crippen LogP contribution in [0.1, 0.15) is 11.3 Å². The molecule has 0 aliphatic heterocycles. The van der Waals surface area contributed by atoms with Crippen molar-refractivity contribution >= 4 is 11.8 Å². The van der Waals surface area contributed by atoms with E-state index in [4.69, 9.17) is 5.73 Å². The molecule has 0 saturated carbocycles. The second-order valence-electron chi connectivity index (χ2n) is 5.07. The van der Waals surface area contributed by atoms with E-state index in [1.807, 2.05) is 22.9 Å². The van der Waals surface area contributed by atoms with Crippen molar-refractivity contribution in [3.8, 4) is 16.9 Å². The van der Waals surface area contributed by atoms with Gasteiger partial charge >= 0.3 is 0 Å². The summed E-state index contributed by atoms with van der Waals surface area (Å²) in [6.07, 6.45) is 2.06. The Labute approximate surface area is 134 Å². The van der Waals surface area contributed by atoms with Crippen LogP contribution in [0, 0.1) is 6.92 Å². The molecule has 2 N–H and O–H groups in total. The molecule has 0 aliphatic rings. The van der Waals surface area contributed by atoms with Crippen molar-refractivity contribution in [2.45, 2.75) is 18.4 Å². The summed E-state index contributed by atoms with van der Waals surface area (Å²) in [4.78, 5) is 1.19. The van der Waals surface area contributed by atoms with Crippen LogP contribution in [0.2, 0.25) is 0 Å². The SMILES string of the molecule is CSc1cccc(-n2nnc(CN)c2-c2cccc(C)c2)c1. The molecule has 0 unspecified atom stereocenters. The quantitative estimate of drug-likeness (QED) is 0.750. The Hall–Kier alpha value is -2.11. The van der Waals surface area contributed by atoms with E-state index in [0.29, 0.717) is 6.54 Å². The number of thioether (sulfide) groups is 1. The minimum atomic E-state index is 0.367. The number of nitrogens with two attached hydrogens (primary N) is 1. The highest BCUT2D eigenvalue weighted by Crippen LogP contribution is 2.27. The van der Waals surface area contributed by atoms with Crippen LogP contribution >= 0.6 is 11.8 Å². The average Bonchev–Trinajstić information content (AvgIpc) is 2.99. The standard InChI is InChI=1S/C17H18N4S/c1-12-5-3-6-13(9-12)17-16(11-18)19-20-21(17)14-7-4-8-15(10-14)22-2/h3-10H,11,18H2,1-2H3. The van der Waals surface area contributed by atoms with Gasteiger partial charge in [-0.1, -0.05) is 35.0 Å². The second kappa shape index (κ2) is 6.34. The molecule has 2 aromatic carbocycles. The fourth-order valence-electron chi connectivity index (χ4n) is 2.45. The second-order valence-corrected chi connectivity index (χ2v) is 5.95. The summed E-state index contributed by atoms with van der Waals surface area (Å²) in [6, 6.07) is 16.6. The number of aryl methyl sites for hydroxylation is 1. The van der Waals surface area contributed by atoms with Gasteiger partial charge in [0.25, 0.3) is 0 Å². The van der Waals surface area contributed by atoms with Gasteiger partial charge in [0.2, 0.25) is 0 Å². The Bertz CT molecular complexity index is 795. The van der Waals surface area contributed by atoms with Crippen LogP contribution in [-0.2, 0) is 6.54 Å². The van der Waals surface area contributed by atoms with E-state index < -0.39 is 0 Å². The summed E-state index contributed by atoms with van der Waals surface area (Å²) >= 11 is 1.71. The minimum Gasteiger partial charge on any atom is -0.325 e. The molecule has 22 heavy (non-hydrogen) atoms. The zero-order chi connectivity index (χ0) is 15.5. The van der Waals surface area contributed by atoms with Gasteiger partial charge in [-0.05, 0) is 37.4 Å². The maximum absolute atomic E-state index is 5.85. The lowest BCUT2D eigenvalue weighted by Gasteiger charge is -2.09. The molecule has 0 bridgehead atoms. The smallest absolute Gasteiger partial charge is 0.105 e. The molecule has 0 atom stereocenters. The summed E-state index contributed by atoms with van der Waals surface area (Å²) in [5.41, 5.74) is 10.9. The Morgan fingerprint density at radius 1 is 1.14 bits per heavy atom. The zero-order valence-corrected chi connectivity index (χ0v) is 13.5. The molecule has 1 heterocycles. The first-order valence-electron chi connectivity index (χ1n) is 7.09. The topological polar surface area (TPSA) is 56.7 Å². The van der Waals surface area contributed by atoms with Crippen molar-refractivity contribution in [1.82, 2.24) is 15.0 Å². The van der Waals surface area contributed by atoms with Gasteiger partial charge in [0.15, 0.2) is 0 Å². The number of hydrogen-bond donors (Lipinski definition) is 1. The van der Waals surface area contributed by atoms with Crippen molar-refractivity contribution in [2.24, 2.45) is 5.73 Å². The summed E-state index contributed by atoms with van der Waals surface area (Å²) in [5, 5.41) is 8.57. The van der Waals surface area contributed by atoms with Gasteiger partial charge in [0, 0.05) is 17.0 Å². The van der Waals surface area contributed by atoms with Crippen molar-refractivity contribution in [2.75, 3.05) is 6.26 Å². The largest absolute Gasteiger partial charge is 0.325 e. The highest BCUT2D eigenvalue weighted by atomic mass is 32.2. The van der Waals surface area contributed by atoms with E-state index in [-0.39, 0.29) is 0 Å². The van der Waals surface area contributed by atoms with Crippen LogP contribution in [0.5, 0.6) is 0 Å². The predicted octanol–water partition coefficient (Wildman–Crippen LogP) is 3.42. The molecule has 0 fully saturated rings. The lowest BCUT2D eigenvalue weighted by molar-refractivity contribution is 0.798. The van der Waals surface area contributed by atoms with Gasteiger partial charge < -0.3 is 5.73 Å². The van der Waals surface area contributed by atoms with Crippen molar-refractivity contribution in [3.05, 3.63) is 59.8 Å². The highest BCUT2D eigenvalue weighted by Gasteiger charge is 2.15. The zero-order valence-electron chi connectivity index (χ0n) is 12.7. The lowest BCUT2D eigenvalue weighted by atomic mass is 10.1. The van der Waals surface area contributed by atoms with Gasteiger partial charge in [-0.25, -0.2) is 4.68 Å². The third kappa shape index (κ3) is 2.77. The van der Waals surface area contributed by atoms with Gasteiger partial charge in [-0.15, -0.1) is 16.9 Å². The molecule has 1 aromatic heterocycles. The van der Waals surface area contributed by atoms with Crippen LogP contribution in [0.25, 0.3) is 16.9 Å². The van der Waals surface area contributed by atoms with Gasteiger partial charge in [-0.3, -0.25) is 0 Å². The third-order valence-electron chi connectivity index (χ3n) is 3.52. The summed E-state index contributed by atoms with van der Waals surface area (Å²) in [5.74, 6) is 0. The molecule has 3 aromatic rings. The Balaban J connectivity index is 2.19. The Morgan fingerprint density at radius 2 is 1.95 bits per heavy atom.